The molecular formula is C61H42N2O2. The normalized spacial score (nSPS) is 16.4. The number of ether oxygens (including phenoxy) is 1. The molecule has 0 N–H and O–H groups in total. The molecule has 3 heterocycles. The summed E-state index contributed by atoms with van der Waals surface area (Å²) in [6, 6.07) is 67.1. The van der Waals surface area contributed by atoms with Gasteiger partial charge in [0.2, 0.25) is 0 Å². The lowest BCUT2D eigenvalue weighted by Crippen LogP contribution is -2.17. The first-order valence-corrected chi connectivity index (χ1v) is 22.4. The first-order valence-electron chi connectivity index (χ1n) is 22.4. The van der Waals surface area contributed by atoms with Gasteiger partial charge in [0, 0.05) is 44.4 Å². The van der Waals surface area contributed by atoms with Crippen LogP contribution < -0.4 is 4.74 Å². The molecule has 0 fully saturated rings. The maximum atomic E-state index is 6.37. The quantitative estimate of drug-likeness (QED) is 0.167. The zero-order valence-electron chi connectivity index (χ0n) is 36.0. The van der Waals surface area contributed by atoms with Gasteiger partial charge in [-0.05, 0) is 116 Å². The van der Waals surface area contributed by atoms with Gasteiger partial charge in [0.05, 0.1) is 11.4 Å². The van der Waals surface area contributed by atoms with Crippen molar-refractivity contribution in [2.45, 2.75) is 31.3 Å². The number of benzene rings is 8. The highest BCUT2D eigenvalue weighted by Gasteiger charge is 2.36. The first kappa shape index (κ1) is 37.5. The molecule has 0 spiro atoms. The lowest BCUT2D eigenvalue weighted by molar-refractivity contribution is 0.269. The van der Waals surface area contributed by atoms with Crippen molar-refractivity contribution in [2.24, 2.45) is 0 Å². The van der Waals surface area contributed by atoms with Crippen LogP contribution in [0.25, 0.3) is 94.8 Å². The smallest absolute Gasteiger partial charge is 0.160 e. The lowest BCUT2D eigenvalue weighted by Gasteiger charge is -2.22. The van der Waals surface area contributed by atoms with E-state index in [1.807, 2.05) is 36.4 Å². The lowest BCUT2D eigenvalue weighted by atomic mass is 9.81. The maximum Gasteiger partial charge on any atom is 0.160 e. The van der Waals surface area contributed by atoms with Crippen LogP contribution in [0, 0.1) is 0 Å². The van der Waals surface area contributed by atoms with Crippen LogP contribution in [-0.2, 0) is 5.41 Å². The third-order valence-electron chi connectivity index (χ3n) is 13.8. The Kier molecular flexibility index (Phi) is 8.35. The van der Waals surface area contributed by atoms with Crippen LogP contribution in [0.3, 0.4) is 0 Å². The Morgan fingerprint density at radius 2 is 1.12 bits per heavy atom. The second-order valence-electron chi connectivity index (χ2n) is 18.1. The van der Waals surface area contributed by atoms with E-state index in [0.717, 1.165) is 78.0 Å². The number of hydrogen-bond donors (Lipinski definition) is 0. The van der Waals surface area contributed by atoms with E-state index in [9.17, 15) is 0 Å². The van der Waals surface area contributed by atoms with Crippen LogP contribution in [0.2, 0.25) is 0 Å². The third-order valence-corrected chi connectivity index (χ3v) is 13.8. The van der Waals surface area contributed by atoms with E-state index < -0.39 is 0 Å². The SMILES string of the molecule is CC1(C)c2ccccc2-c2ccc(-c3ccc(-c4cc(-c5cc(C6=CC7c8ccccc8OC7C=C6)cc(-c6ccc7oc8ccccc8c7c6)c5)nc(-c5ccccc5)n4)cc3)cc21. The molecule has 4 nitrogen and oxygen atoms in total. The van der Waals surface area contributed by atoms with Crippen molar-refractivity contribution < 1.29 is 9.15 Å². The zero-order chi connectivity index (χ0) is 43.2. The molecule has 0 bridgehead atoms. The largest absolute Gasteiger partial charge is 0.485 e. The van der Waals surface area contributed by atoms with Gasteiger partial charge in [-0.1, -0.05) is 159 Å². The monoisotopic (exact) mass is 834 g/mol. The average Bonchev–Trinajstić information content (AvgIpc) is 4.00. The summed E-state index contributed by atoms with van der Waals surface area (Å²) < 4.78 is 12.6. The van der Waals surface area contributed by atoms with Gasteiger partial charge in [-0.3, -0.25) is 0 Å². The van der Waals surface area contributed by atoms with Crippen molar-refractivity contribution in [3.8, 4) is 73.0 Å². The molecule has 2 atom stereocenters. The topological polar surface area (TPSA) is 48.2 Å². The minimum absolute atomic E-state index is 0.0218. The number of rotatable bonds is 6. The number of para-hydroxylation sites is 2. The standard InChI is InChI=1S/C61H42N2O2/c1-61(2)52-17-9-6-14-46(52)47-27-24-42(35-53(47)61)37-20-22-38(23-21-37)54-36-55(63-60(62-54)39-12-4-3-5-13-39)45-31-43(40-25-28-58-50(33-40)48-15-7-10-18-56(48)64-58)30-44(32-45)41-26-29-59-51(34-41)49-16-8-11-19-57(49)65-59/h3-36,50,58H,1-2H3. The highest BCUT2D eigenvalue weighted by Crippen LogP contribution is 2.50. The molecule has 3 aliphatic rings. The van der Waals surface area contributed by atoms with Crippen molar-refractivity contribution in [3.05, 3.63) is 229 Å². The van der Waals surface area contributed by atoms with Crippen LogP contribution in [-0.4, -0.2) is 16.1 Å². The zero-order valence-corrected chi connectivity index (χ0v) is 36.0. The van der Waals surface area contributed by atoms with Gasteiger partial charge >= 0.3 is 0 Å². The molecule has 2 unspecified atom stereocenters. The summed E-state index contributed by atoms with van der Waals surface area (Å²) in [5.74, 6) is 1.77. The molecule has 13 rings (SSSR count). The molecule has 308 valence electrons. The highest BCUT2D eigenvalue weighted by atomic mass is 16.5. The molecule has 10 aromatic rings. The fraction of sp³-hybridized carbons (Fsp3) is 0.0820. The van der Waals surface area contributed by atoms with Crippen molar-refractivity contribution in [3.63, 3.8) is 0 Å². The van der Waals surface area contributed by atoms with Gasteiger partial charge in [0.25, 0.3) is 0 Å². The Balaban J connectivity index is 0.941. The molecular weight excluding hydrogens is 793 g/mol. The molecule has 0 amide bonds. The van der Waals surface area contributed by atoms with Crippen molar-refractivity contribution in [1.82, 2.24) is 9.97 Å². The summed E-state index contributed by atoms with van der Waals surface area (Å²) in [4.78, 5) is 10.6. The van der Waals surface area contributed by atoms with Gasteiger partial charge in [-0.25, -0.2) is 9.97 Å². The Bertz CT molecular complexity index is 3610. The van der Waals surface area contributed by atoms with Gasteiger partial charge in [0.15, 0.2) is 5.82 Å². The summed E-state index contributed by atoms with van der Waals surface area (Å²) in [6.07, 6.45) is 6.77. The number of aromatic nitrogens is 2. The number of hydrogen-bond acceptors (Lipinski definition) is 4. The number of nitrogens with zero attached hydrogens (tertiary/aromatic N) is 2. The van der Waals surface area contributed by atoms with Crippen molar-refractivity contribution in [1.29, 1.82) is 0 Å². The molecule has 1 aliphatic heterocycles. The maximum absolute atomic E-state index is 6.37. The van der Waals surface area contributed by atoms with E-state index in [-0.39, 0.29) is 17.4 Å². The van der Waals surface area contributed by atoms with Crippen LogP contribution in [0.15, 0.2) is 211 Å². The summed E-state index contributed by atoms with van der Waals surface area (Å²) in [7, 11) is 0. The van der Waals surface area contributed by atoms with Gasteiger partial charge in [0.1, 0.15) is 23.0 Å². The van der Waals surface area contributed by atoms with E-state index in [2.05, 4.69) is 184 Å². The van der Waals surface area contributed by atoms with Crippen molar-refractivity contribution in [2.75, 3.05) is 0 Å². The van der Waals surface area contributed by atoms with Crippen LogP contribution in [0.1, 0.15) is 42.0 Å². The number of allylic oxidation sites excluding steroid dienone is 2. The molecule has 0 radical (unpaired) electrons. The Hall–Kier alpha value is -8.08. The molecule has 8 aromatic carbocycles. The second-order valence-corrected chi connectivity index (χ2v) is 18.1. The van der Waals surface area contributed by atoms with E-state index in [0.29, 0.717) is 5.82 Å². The predicted molar refractivity (Wildman–Crippen MR) is 265 cm³/mol. The van der Waals surface area contributed by atoms with E-state index in [1.54, 1.807) is 0 Å². The third kappa shape index (κ3) is 6.20. The van der Waals surface area contributed by atoms with E-state index in [4.69, 9.17) is 19.1 Å². The Labute approximate surface area is 377 Å². The molecule has 2 aromatic heterocycles. The Morgan fingerprint density at radius 1 is 0.462 bits per heavy atom. The fourth-order valence-electron chi connectivity index (χ4n) is 10.4. The van der Waals surface area contributed by atoms with Crippen LogP contribution >= 0.6 is 0 Å². The van der Waals surface area contributed by atoms with Crippen LogP contribution in [0.4, 0.5) is 0 Å². The first-order chi connectivity index (χ1) is 31.9. The minimum atomic E-state index is -0.0623. The predicted octanol–water partition coefficient (Wildman–Crippen LogP) is 15.5. The summed E-state index contributed by atoms with van der Waals surface area (Å²) in [6.45, 7) is 4.67. The van der Waals surface area contributed by atoms with Crippen molar-refractivity contribution >= 4 is 27.5 Å². The molecule has 65 heavy (non-hydrogen) atoms. The summed E-state index contributed by atoms with van der Waals surface area (Å²) >= 11 is 0. The summed E-state index contributed by atoms with van der Waals surface area (Å²) in [5.41, 5.74) is 19.9. The number of furan rings is 1. The van der Waals surface area contributed by atoms with Gasteiger partial charge in [-0.15, -0.1) is 0 Å². The second kappa shape index (κ2) is 14.5. The fourth-order valence-corrected chi connectivity index (χ4v) is 10.4. The number of fused-ring (bicyclic) bond motifs is 9. The molecule has 0 saturated heterocycles. The minimum Gasteiger partial charge on any atom is -0.485 e. The van der Waals surface area contributed by atoms with E-state index in [1.165, 1.54) is 38.9 Å². The van der Waals surface area contributed by atoms with Gasteiger partial charge < -0.3 is 9.15 Å². The molecule has 2 aliphatic carbocycles. The molecule has 4 heteroatoms. The van der Waals surface area contributed by atoms with Crippen LogP contribution in [0.5, 0.6) is 5.75 Å². The average molecular weight is 835 g/mol. The molecule has 0 saturated carbocycles. The van der Waals surface area contributed by atoms with E-state index >= 15 is 0 Å². The Morgan fingerprint density at radius 3 is 2.02 bits per heavy atom. The highest BCUT2D eigenvalue weighted by molar-refractivity contribution is 6.06. The summed E-state index contributed by atoms with van der Waals surface area (Å²) in [5, 5.41) is 2.20. The van der Waals surface area contributed by atoms with Gasteiger partial charge in [-0.2, -0.15) is 0 Å².